The van der Waals surface area contributed by atoms with Gasteiger partial charge in [-0.3, -0.25) is 9.59 Å². The zero-order valence-electron chi connectivity index (χ0n) is 16.8. The van der Waals surface area contributed by atoms with Gasteiger partial charge in [0.05, 0.1) is 10.8 Å². The molecule has 160 valence electrons. The van der Waals surface area contributed by atoms with Crippen LogP contribution in [0.15, 0.2) is 53.4 Å². The van der Waals surface area contributed by atoms with Crippen LogP contribution in [0.3, 0.4) is 0 Å². The molecule has 1 heterocycles. The largest absolute Gasteiger partial charge is 0.326 e. The van der Waals surface area contributed by atoms with Crippen molar-refractivity contribution in [3.05, 3.63) is 53.6 Å². The van der Waals surface area contributed by atoms with E-state index in [4.69, 9.17) is 11.6 Å². The van der Waals surface area contributed by atoms with Gasteiger partial charge in [0.25, 0.3) is 0 Å². The van der Waals surface area contributed by atoms with Crippen molar-refractivity contribution in [3.63, 3.8) is 0 Å². The van der Waals surface area contributed by atoms with Gasteiger partial charge in [0.2, 0.25) is 21.8 Å². The van der Waals surface area contributed by atoms with Gasteiger partial charge in [0, 0.05) is 35.4 Å². The van der Waals surface area contributed by atoms with Crippen molar-refractivity contribution in [2.75, 3.05) is 16.8 Å². The first-order chi connectivity index (χ1) is 14.2. The minimum absolute atomic E-state index is 0.111. The first kappa shape index (κ1) is 22.3. The number of benzene rings is 2. The highest BCUT2D eigenvalue weighted by atomic mass is 35.5. The van der Waals surface area contributed by atoms with E-state index in [9.17, 15) is 18.0 Å². The molecule has 0 radical (unpaired) electrons. The fourth-order valence-electron chi connectivity index (χ4n) is 3.13. The topological polar surface area (TPSA) is 95.6 Å². The van der Waals surface area contributed by atoms with Crippen LogP contribution in [0.4, 0.5) is 11.4 Å². The molecular formula is C21H24ClN3O4S. The lowest BCUT2D eigenvalue weighted by Crippen LogP contribution is -2.32. The number of carbonyl (C=O) groups is 2. The predicted octanol–water partition coefficient (Wildman–Crippen LogP) is 3.41. The van der Waals surface area contributed by atoms with E-state index in [1.54, 1.807) is 36.1 Å². The van der Waals surface area contributed by atoms with Gasteiger partial charge in [-0.05, 0) is 61.9 Å². The van der Waals surface area contributed by atoms with E-state index in [0.717, 1.165) is 0 Å². The molecule has 30 heavy (non-hydrogen) atoms. The highest BCUT2D eigenvalue weighted by Crippen LogP contribution is 2.27. The molecule has 2 amide bonds. The summed E-state index contributed by atoms with van der Waals surface area (Å²) in [5.74, 6) is -0.910. The summed E-state index contributed by atoms with van der Waals surface area (Å²) in [4.78, 5) is 26.6. The van der Waals surface area contributed by atoms with E-state index < -0.39 is 15.9 Å². The zero-order chi connectivity index (χ0) is 21.9. The van der Waals surface area contributed by atoms with Crippen molar-refractivity contribution in [2.24, 2.45) is 5.92 Å². The maximum Gasteiger partial charge on any atom is 0.240 e. The third-order valence-corrected chi connectivity index (χ3v) is 6.89. The van der Waals surface area contributed by atoms with E-state index >= 15 is 0 Å². The van der Waals surface area contributed by atoms with Crippen molar-refractivity contribution in [3.8, 4) is 0 Å². The van der Waals surface area contributed by atoms with Crippen molar-refractivity contribution in [1.82, 2.24) is 4.72 Å². The maximum absolute atomic E-state index is 12.6. The number of rotatable bonds is 7. The third kappa shape index (κ3) is 5.19. The van der Waals surface area contributed by atoms with Crippen LogP contribution in [0.1, 0.15) is 26.7 Å². The predicted molar refractivity (Wildman–Crippen MR) is 117 cm³/mol. The summed E-state index contributed by atoms with van der Waals surface area (Å²) in [5.41, 5.74) is 1.17. The van der Waals surface area contributed by atoms with Crippen LogP contribution in [0.25, 0.3) is 0 Å². The molecule has 1 aliphatic heterocycles. The van der Waals surface area contributed by atoms with Gasteiger partial charge in [-0.15, -0.1) is 0 Å². The first-order valence-corrected chi connectivity index (χ1v) is 11.5. The highest BCUT2D eigenvalue weighted by molar-refractivity contribution is 7.89. The molecule has 1 fully saturated rings. The smallest absolute Gasteiger partial charge is 0.240 e. The molecule has 0 bridgehead atoms. The molecule has 2 aromatic carbocycles. The van der Waals surface area contributed by atoms with Gasteiger partial charge < -0.3 is 10.2 Å². The summed E-state index contributed by atoms with van der Waals surface area (Å²) in [6, 6.07) is 12.7. The number of anilines is 2. The van der Waals surface area contributed by atoms with Gasteiger partial charge in [-0.2, -0.15) is 0 Å². The van der Waals surface area contributed by atoms with E-state index in [1.165, 1.54) is 24.3 Å². The van der Waals surface area contributed by atoms with Crippen LogP contribution in [0, 0.1) is 5.92 Å². The van der Waals surface area contributed by atoms with Crippen LogP contribution in [0.2, 0.25) is 5.02 Å². The molecule has 0 aliphatic carbocycles. The number of hydrogen-bond acceptors (Lipinski definition) is 4. The monoisotopic (exact) mass is 449 g/mol. The van der Waals surface area contributed by atoms with Crippen LogP contribution in [-0.4, -0.2) is 32.8 Å². The number of carbonyl (C=O) groups excluding carboxylic acids is 2. The number of nitrogens with zero attached hydrogens (tertiary/aromatic N) is 1. The second-order valence-electron chi connectivity index (χ2n) is 7.33. The maximum atomic E-state index is 12.6. The Morgan fingerprint density at radius 2 is 1.80 bits per heavy atom. The molecule has 2 N–H and O–H groups in total. The van der Waals surface area contributed by atoms with E-state index in [2.05, 4.69) is 10.0 Å². The molecule has 2 atom stereocenters. The SMILES string of the molecule is CCC(C)NS(=O)(=O)c1ccc(NC(=O)C2CC(=O)N(c3ccc(Cl)cc3)C2)cc1. The molecule has 3 rings (SSSR count). The van der Waals surface area contributed by atoms with Gasteiger partial charge in [0.1, 0.15) is 0 Å². The lowest BCUT2D eigenvalue weighted by atomic mass is 10.1. The molecule has 0 spiro atoms. The number of nitrogens with one attached hydrogen (secondary N) is 2. The van der Waals surface area contributed by atoms with Crippen LogP contribution in [0.5, 0.6) is 0 Å². The fraction of sp³-hybridized carbons (Fsp3) is 0.333. The standard InChI is InChI=1S/C21H24ClN3O4S/c1-3-14(2)24-30(28,29)19-10-6-17(7-11-19)23-21(27)15-12-20(26)25(13-15)18-8-4-16(22)5-9-18/h4-11,14-15,24H,3,12-13H2,1-2H3,(H,23,27). The van der Waals surface area contributed by atoms with Crippen molar-refractivity contribution >= 4 is 44.8 Å². The fourth-order valence-corrected chi connectivity index (χ4v) is 4.58. The average Bonchev–Trinajstić information content (AvgIpc) is 3.10. The molecule has 1 aliphatic rings. The number of sulfonamides is 1. The van der Waals surface area contributed by atoms with Crippen molar-refractivity contribution in [1.29, 1.82) is 0 Å². The molecule has 1 saturated heterocycles. The molecular weight excluding hydrogens is 426 g/mol. The molecule has 0 aromatic heterocycles. The summed E-state index contributed by atoms with van der Waals surface area (Å²) in [7, 11) is -3.60. The van der Waals surface area contributed by atoms with Crippen molar-refractivity contribution in [2.45, 2.75) is 37.6 Å². The quantitative estimate of drug-likeness (QED) is 0.677. The van der Waals surface area contributed by atoms with E-state index in [-0.39, 0.29) is 35.7 Å². The Kier molecular flexibility index (Phi) is 6.80. The Hall–Kier alpha value is -2.42. The average molecular weight is 450 g/mol. The number of halogens is 1. The summed E-state index contributed by atoms with van der Waals surface area (Å²) in [6.07, 6.45) is 0.792. The van der Waals surface area contributed by atoms with Crippen LogP contribution < -0.4 is 14.9 Å². The zero-order valence-corrected chi connectivity index (χ0v) is 18.3. The van der Waals surface area contributed by atoms with E-state index in [0.29, 0.717) is 22.8 Å². The van der Waals surface area contributed by atoms with Gasteiger partial charge >= 0.3 is 0 Å². The molecule has 0 saturated carbocycles. The second kappa shape index (κ2) is 9.16. The van der Waals surface area contributed by atoms with Crippen LogP contribution in [-0.2, 0) is 19.6 Å². The van der Waals surface area contributed by atoms with Gasteiger partial charge in [-0.1, -0.05) is 18.5 Å². The Labute approximate surface area is 181 Å². The Bertz CT molecular complexity index is 1020. The van der Waals surface area contributed by atoms with Gasteiger partial charge in [-0.25, -0.2) is 13.1 Å². The minimum atomic E-state index is -3.60. The first-order valence-electron chi connectivity index (χ1n) is 9.69. The van der Waals surface area contributed by atoms with Gasteiger partial charge in [0.15, 0.2) is 0 Å². The third-order valence-electron chi connectivity index (χ3n) is 5.03. The Morgan fingerprint density at radius 1 is 1.17 bits per heavy atom. The minimum Gasteiger partial charge on any atom is -0.326 e. The Morgan fingerprint density at radius 3 is 2.40 bits per heavy atom. The summed E-state index contributed by atoms with van der Waals surface area (Å²) >= 11 is 5.89. The molecule has 9 heteroatoms. The highest BCUT2D eigenvalue weighted by Gasteiger charge is 2.35. The molecule has 7 nitrogen and oxygen atoms in total. The lowest BCUT2D eigenvalue weighted by Gasteiger charge is -2.17. The lowest BCUT2D eigenvalue weighted by molar-refractivity contribution is -0.122. The second-order valence-corrected chi connectivity index (χ2v) is 9.48. The molecule has 2 aromatic rings. The summed E-state index contributed by atoms with van der Waals surface area (Å²) in [6.45, 7) is 3.97. The Balaban J connectivity index is 1.63. The summed E-state index contributed by atoms with van der Waals surface area (Å²) in [5, 5.41) is 3.34. The van der Waals surface area contributed by atoms with Crippen LogP contribution >= 0.6 is 11.6 Å². The number of amides is 2. The molecule has 2 unspecified atom stereocenters. The van der Waals surface area contributed by atoms with E-state index in [1.807, 2.05) is 6.92 Å². The summed E-state index contributed by atoms with van der Waals surface area (Å²) < 4.78 is 27.2. The normalized spacial score (nSPS) is 17.8. The van der Waals surface area contributed by atoms with Crippen molar-refractivity contribution < 1.29 is 18.0 Å². The number of hydrogen-bond donors (Lipinski definition) is 2.